The second-order valence-electron chi connectivity index (χ2n) is 5.35. The molecule has 1 atom stereocenters. The lowest BCUT2D eigenvalue weighted by Crippen LogP contribution is -2.42. The predicted octanol–water partition coefficient (Wildman–Crippen LogP) is 2.54. The van der Waals surface area contributed by atoms with Crippen molar-refractivity contribution in [2.75, 3.05) is 19.6 Å². The van der Waals surface area contributed by atoms with Crippen LogP contribution in [0.1, 0.15) is 35.7 Å². The van der Waals surface area contributed by atoms with Crippen molar-refractivity contribution in [3.8, 4) is 0 Å². The lowest BCUT2D eigenvalue weighted by Gasteiger charge is -2.28. The highest BCUT2D eigenvalue weighted by molar-refractivity contribution is 5.96. The molecule has 122 valence electrons. The van der Waals surface area contributed by atoms with Crippen LogP contribution in [-0.4, -0.2) is 41.4 Å². The molecule has 1 aliphatic heterocycles. The van der Waals surface area contributed by atoms with Gasteiger partial charge in [-0.15, -0.1) is 12.4 Å². The highest BCUT2D eigenvalue weighted by Gasteiger charge is 2.28. The average Bonchev–Trinajstić information content (AvgIpc) is 2.98. The maximum atomic E-state index is 12.8. The summed E-state index contributed by atoms with van der Waals surface area (Å²) in [7, 11) is 0. The maximum Gasteiger partial charge on any atom is 0.273 e. The Morgan fingerprint density at radius 2 is 2.23 bits per heavy atom. The number of amides is 1. The number of rotatable bonds is 5. The topological polar surface area (TPSA) is 75.5 Å². The quantitative estimate of drug-likeness (QED) is 0.666. The van der Waals surface area contributed by atoms with Gasteiger partial charge in [-0.05, 0) is 32.4 Å². The van der Waals surface area contributed by atoms with Crippen molar-refractivity contribution in [2.24, 2.45) is 0 Å². The Balaban J connectivity index is 0.00000242. The summed E-state index contributed by atoms with van der Waals surface area (Å²) in [5, 5.41) is 14.3. The van der Waals surface area contributed by atoms with E-state index in [1.54, 1.807) is 19.1 Å². The van der Waals surface area contributed by atoms with E-state index in [1.807, 2.05) is 11.8 Å². The van der Waals surface area contributed by atoms with Gasteiger partial charge in [-0.3, -0.25) is 14.9 Å². The van der Waals surface area contributed by atoms with Gasteiger partial charge in [-0.25, -0.2) is 0 Å². The van der Waals surface area contributed by atoms with Crippen LogP contribution in [-0.2, 0) is 0 Å². The smallest absolute Gasteiger partial charge is 0.273 e. The third kappa shape index (κ3) is 3.75. The Labute approximate surface area is 136 Å². The van der Waals surface area contributed by atoms with Crippen LogP contribution in [0.5, 0.6) is 0 Å². The van der Waals surface area contributed by atoms with Crippen LogP contribution < -0.4 is 5.32 Å². The Morgan fingerprint density at radius 1 is 1.50 bits per heavy atom. The zero-order valence-electron chi connectivity index (χ0n) is 12.9. The molecule has 1 aliphatic rings. The van der Waals surface area contributed by atoms with Crippen molar-refractivity contribution in [3.63, 3.8) is 0 Å². The van der Waals surface area contributed by atoms with Crippen LogP contribution in [0, 0.1) is 17.0 Å². The number of nitrogens with one attached hydrogen (secondary N) is 1. The van der Waals surface area contributed by atoms with Crippen LogP contribution in [0.15, 0.2) is 18.2 Å². The van der Waals surface area contributed by atoms with Crippen LogP contribution in [0.3, 0.4) is 0 Å². The Bertz CT molecular complexity index is 545. The van der Waals surface area contributed by atoms with E-state index in [4.69, 9.17) is 0 Å². The van der Waals surface area contributed by atoms with E-state index in [-0.39, 0.29) is 30.0 Å². The monoisotopic (exact) mass is 327 g/mol. The summed E-state index contributed by atoms with van der Waals surface area (Å²) in [6.07, 6.45) is 1.80. The summed E-state index contributed by atoms with van der Waals surface area (Å²) in [5.41, 5.74) is 0.881. The van der Waals surface area contributed by atoms with E-state index in [0.29, 0.717) is 17.7 Å². The van der Waals surface area contributed by atoms with Gasteiger partial charge in [0.05, 0.1) is 4.92 Å². The second kappa shape index (κ2) is 8.10. The molecular formula is C15H22ClN3O3. The van der Waals surface area contributed by atoms with Gasteiger partial charge in [0, 0.05) is 36.3 Å². The molecule has 1 unspecified atom stereocenters. The van der Waals surface area contributed by atoms with Gasteiger partial charge < -0.3 is 10.2 Å². The number of benzene rings is 1. The third-order valence-electron chi connectivity index (χ3n) is 3.93. The van der Waals surface area contributed by atoms with Gasteiger partial charge in [0.25, 0.3) is 11.6 Å². The second-order valence-corrected chi connectivity index (χ2v) is 5.35. The molecule has 1 heterocycles. The van der Waals surface area contributed by atoms with Crippen molar-refractivity contribution in [2.45, 2.75) is 32.7 Å². The zero-order chi connectivity index (χ0) is 15.4. The first-order chi connectivity index (χ1) is 10.1. The molecule has 1 aromatic carbocycles. The van der Waals surface area contributed by atoms with E-state index >= 15 is 0 Å². The van der Waals surface area contributed by atoms with E-state index in [0.717, 1.165) is 25.9 Å². The van der Waals surface area contributed by atoms with E-state index in [9.17, 15) is 14.9 Å². The molecule has 1 amide bonds. The molecule has 0 aliphatic carbocycles. The van der Waals surface area contributed by atoms with Crippen molar-refractivity contribution >= 4 is 24.0 Å². The van der Waals surface area contributed by atoms with Gasteiger partial charge >= 0.3 is 0 Å². The van der Waals surface area contributed by atoms with Gasteiger partial charge in [0.15, 0.2) is 0 Å². The average molecular weight is 328 g/mol. The van der Waals surface area contributed by atoms with Crippen LogP contribution >= 0.6 is 12.4 Å². The maximum absolute atomic E-state index is 12.8. The summed E-state index contributed by atoms with van der Waals surface area (Å²) >= 11 is 0. The molecule has 2 rings (SSSR count). The number of halogens is 1. The SMILES string of the molecule is CCCN(C(=O)c1cccc([N+](=O)[O-])c1C)C1CCNC1.Cl. The van der Waals surface area contributed by atoms with Gasteiger partial charge in [0.1, 0.15) is 0 Å². The Morgan fingerprint density at radius 3 is 2.77 bits per heavy atom. The molecule has 22 heavy (non-hydrogen) atoms. The lowest BCUT2D eigenvalue weighted by atomic mass is 10.0. The number of nitrogens with zero attached hydrogens (tertiary/aromatic N) is 2. The van der Waals surface area contributed by atoms with Crippen molar-refractivity contribution in [1.82, 2.24) is 10.2 Å². The molecule has 0 bridgehead atoms. The first kappa shape index (κ1) is 18.4. The van der Waals surface area contributed by atoms with Gasteiger partial charge in [-0.2, -0.15) is 0 Å². The van der Waals surface area contributed by atoms with Gasteiger partial charge in [-0.1, -0.05) is 13.0 Å². The number of nitro groups is 1. The number of carbonyl (C=O) groups excluding carboxylic acids is 1. The van der Waals surface area contributed by atoms with Crippen molar-refractivity contribution < 1.29 is 9.72 Å². The highest BCUT2D eigenvalue weighted by atomic mass is 35.5. The molecule has 0 spiro atoms. The summed E-state index contributed by atoms with van der Waals surface area (Å²) in [6.45, 7) is 6.05. The molecule has 1 aromatic rings. The molecular weight excluding hydrogens is 306 g/mol. The lowest BCUT2D eigenvalue weighted by molar-refractivity contribution is -0.385. The largest absolute Gasteiger partial charge is 0.334 e. The number of carbonyl (C=O) groups is 1. The van der Waals surface area contributed by atoms with Gasteiger partial charge in [0.2, 0.25) is 0 Å². The van der Waals surface area contributed by atoms with Crippen LogP contribution in [0.2, 0.25) is 0 Å². The number of hydrogen-bond acceptors (Lipinski definition) is 4. The van der Waals surface area contributed by atoms with E-state index in [1.165, 1.54) is 6.07 Å². The Hall–Kier alpha value is -1.66. The molecule has 6 nitrogen and oxygen atoms in total. The van der Waals surface area contributed by atoms with E-state index < -0.39 is 4.92 Å². The summed E-state index contributed by atoms with van der Waals surface area (Å²) in [4.78, 5) is 25.2. The van der Waals surface area contributed by atoms with Crippen molar-refractivity contribution in [1.29, 1.82) is 0 Å². The first-order valence-corrected chi connectivity index (χ1v) is 7.32. The molecule has 1 fully saturated rings. The Kier molecular flexibility index (Phi) is 6.77. The first-order valence-electron chi connectivity index (χ1n) is 7.32. The summed E-state index contributed by atoms with van der Waals surface area (Å²) in [5.74, 6) is -0.105. The fraction of sp³-hybridized carbons (Fsp3) is 0.533. The molecule has 0 saturated carbocycles. The zero-order valence-corrected chi connectivity index (χ0v) is 13.7. The summed E-state index contributed by atoms with van der Waals surface area (Å²) in [6, 6.07) is 4.87. The molecule has 0 aromatic heterocycles. The normalized spacial score (nSPS) is 16.9. The molecule has 0 radical (unpaired) electrons. The summed E-state index contributed by atoms with van der Waals surface area (Å²) < 4.78 is 0. The van der Waals surface area contributed by atoms with E-state index in [2.05, 4.69) is 5.32 Å². The highest BCUT2D eigenvalue weighted by Crippen LogP contribution is 2.23. The third-order valence-corrected chi connectivity index (χ3v) is 3.93. The minimum atomic E-state index is -0.437. The number of hydrogen-bond donors (Lipinski definition) is 1. The minimum Gasteiger partial charge on any atom is -0.334 e. The molecule has 1 saturated heterocycles. The standard InChI is InChI=1S/C15H21N3O3.ClH/c1-3-9-17(12-7-8-16-10-12)15(19)13-5-4-6-14(11(13)2)18(20)21;/h4-6,12,16H,3,7-10H2,1-2H3;1H. The fourth-order valence-electron chi connectivity index (χ4n) is 2.80. The molecule has 7 heteroatoms. The number of nitro benzene ring substituents is 1. The van der Waals surface area contributed by atoms with Crippen molar-refractivity contribution in [3.05, 3.63) is 39.4 Å². The fourth-order valence-corrected chi connectivity index (χ4v) is 2.80. The molecule has 1 N–H and O–H groups in total. The van der Waals surface area contributed by atoms with Crippen LogP contribution in [0.4, 0.5) is 5.69 Å². The van der Waals surface area contributed by atoms with Crippen LogP contribution in [0.25, 0.3) is 0 Å². The minimum absolute atomic E-state index is 0. The predicted molar refractivity (Wildman–Crippen MR) is 87.7 cm³/mol.